The van der Waals surface area contributed by atoms with E-state index in [0.29, 0.717) is 0 Å². The smallest absolute Gasteiger partial charge is 0.139 e. The van der Waals surface area contributed by atoms with Crippen LogP contribution in [0.25, 0.3) is 0 Å². The number of unbranched alkanes of at least 4 members (excludes halogenated alkanes) is 6. The Morgan fingerprint density at radius 3 is 2.43 bits per heavy atom. The minimum atomic E-state index is -0.567. The molecule has 2 unspecified atom stereocenters. The Morgan fingerprint density at radius 1 is 1.09 bits per heavy atom. The fraction of sp³-hybridized carbons (Fsp3) is 0.850. The zero-order chi connectivity index (χ0) is 17.1. The molecule has 23 heavy (non-hydrogen) atoms. The lowest BCUT2D eigenvalue weighted by Gasteiger charge is -2.18. The predicted molar refractivity (Wildman–Crippen MR) is 95.3 cm³/mol. The lowest BCUT2D eigenvalue weighted by Crippen LogP contribution is -2.19. The van der Waals surface area contributed by atoms with Crippen LogP contribution in [0.15, 0.2) is 12.2 Å². The van der Waals surface area contributed by atoms with Crippen molar-refractivity contribution in [1.82, 2.24) is 0 Å². The summed E-state index contributed by atoms with van der Waals surface area (Å²) in [6, 6.07) is 0. The molecule has 1 saturated carbocycles. The van der Waals surface area contributed by atoms with Gasteiger partial charge in [0.1, 0.15) is 5.78 Å². The summed E-state index contributed by atoms with van der Waals surface area (Å²) in [5.74, 6) is 0.0448. The van der Waals surface area contributed by atoms with E-state index >= 15 is 0 Å². The van der Waals surface area contributed by atoms with E-state index in [4.69, 9.17) is 0 Å². The van der Waals surface area contributed by atoms with Crippen molar-refractivity contribution in [2.45, 2.75) is 96.7 Å². The summed E-state index contributed by atoms with van der Waals surface area (Å²) in [5, 5.41) is 20.1. The van der Waals surface area contributed by atoms with Crippen molar-refractivity contribution in [2.24, 2.45) is 11.8 Å². The molecule has 0 aromatic rings. The third kappa shape index (κ3) is 7.63. The topological polar surface area (TPSA) is 57.5 Å². The molecule has 0 radical (unpaired) electrons. The van der Waals surface area contributed by atoms with Crippen LogP contribution in [0.3, 0.4) is 0 Å². The van der Waals surface area contributed by atoms with Gasteiger partial charge < -0.3 is 10.2 Å². The van der Waals surface area contributed by atoms with Crippen molar-refractivity contribution in [3.63, 3.8) is 0 Å². The second-order valence-corrected chi connectivity index (χ2v) is 7.07. The molecule has 1 aliphatic carbocycles. The summed E-state index contributed by atoms with van der Waals surface area (Å²) in [4.78, 5) is 12.1. The number of hydrogen-bond donors (Lipinski definition) is 2. The summed E-state index contributed by atoms with van der Waals surface area (Å²) in [7, 11) is 0. The standard InChI is InChI=1S/C20H36O3/c1-3-5-7-8-10-12-17-18(20(23)15-19(17)22)14-13-16(21)11-9-6-4-2/h13-14,16-18,20-21,23H,3-12,15H2,1-2H3/b14-13+/t16-,17+,18?,20?/m0/s1. The van der Waals surface area contributed by atoms with Crippen molar-refractivity contribution in [1.29, 1.82) is 0 Å². The molecule has 0 aromatic carbocycles. The third-order valence-electron chi connectivity index (χ3n) is 5.01. The van der Waals surface area contributed by atoms with Crippen LogP contribution in [0.2, 0.25) is 0 Å². The Hall–Kier alpha value is -0.670. The number of aliphatic hydroxyl groups is 2. The fourth-order valence-electron chi connectivity index (χ4n) is 3.52. The van der Waals surface area contributed by atoms with Crippen LogP contribution in [-0.4, -0.2) is 28.2 Å². The van der Waals surface area contributed by atoms with Gasteiger partial charge in [0.15, 0.2) is 0 Å². The number of hydrogen-bond acceptors (Lipinski definition) is 3. The first-order chi connectivity index (χ1) is 11.1. The lowest BCUT2D eigenvalue weighted by atomic mass is 9.88. The van der Waals surface area contributed by atoms with Crippen molar-refractivity contribution in [3.05, 3.63) is 12.2 Å². The quantitative estimate of drug-likeness (QED) is 0.413. The van der Waals surface area contributed by atoms with Gasteiger partial charge in [-0.1, -0.05) is 77.4 Å². The van der Waals surface area contributed by atoms with E-state index in [0.717, 1.165) is 38.5 Å². The second kappa shape index (κ2) is 11.8. The molecule has 4 atom stereocenters. The average Bonchev–Trinajstić information content (AvgIpc) is 2.79. The maximum atomic E-state index is 12.1. The lowest BCUT2D eigenvalue weighted by molar-refractivity contribution is -0.121. The van der Waals surface area contributed by atoms with Gasteiger partial charge >= 0.3 is 0 Å². The molecule has 1 aliphatic rings. The van der Waals surface area contributed by atoms with Crippen LogP contribution in [0.4, 0.5) is 0 Å². The van der Waals surface area contributed by atoms with Crippen LogP contribution >= 0.6 is 0 Å². The van der Waals surface area contributed by atoms with E-state index in [1.54, 1.807) is 6.08 Å². The van der Waals surface area contributed by atoms with Crippen molar-refractivity contribution in [2.75, 3.05) is 0 Å². The summed E-state index contributed by atoms with van der Waals surface area (Å²) in [6.07, 6.45) is 13.9. The highest BCUT2D eigenvalue weighted by atomic mass is 16.3. The molecule has 0 bridgehead atoms. The highest BCUT2D eigenvalue weighted by molar-refractivity contribution is 5.84. The number of carbonyl (C=O) groups is 1. The minimum absolute atomic E-state index is 0.0503. The zero-order valence-electron chi connectivity index (χ0n) is 15.0. The van der Waals surface area contributed by atoms with Gasteiger partial charge in [0.2, 0.25) is 0 Å². The monoisotopic (exact) mass is 324 g/mol. The molecule has 0 amide bonds. The molecule has 134 valence electrons. The first-order valence-electron chi connectivity index (χ1n) is 9.67. The van der Waals surface area contributed by atoms with E-state index in [1.807, 2.05) is 6.08 Å². The number of Topliss-reactive ketones (excluding diaryl/α,β-unsaturated/α-hetero) is 1. The molecule has 0 spiro atoms. The molecular formula is C20H36O3. The van der Waals surface area contributed by atoms with E-state index in [1.165, 1.54) is 25.7 Å². The maximum Gasteiger partial charge on any atom is 0.139 e. The fourth-order valence-corrected chi connectivity index (χ4v) is 3.52. The first-order valence-corrected chi connectivity index (χ1v) is 9.67. The Bertz CT molecular complexity index is 351. The van der Waals surface area contributed by atoms with E-state index in [-0.39, 0.29) is 24.0 Å². The largest absolute Gasteiger partial charge is 0.392 e. The first kappa shape index (κ1) is 20.4. The highest BCUT2D eigenvalue weighted by Gasteiger charge is 2.39. The van der Waals surface area contributed by atoms with Crippen molar-refractivity contribution in [3.8, 4) is 0 Å². The Morgan fingerprint density at radius 2 is 1.74 bits per heavy atom. The third-order valence-corrected chi connectivity index (χ3v) is 5.01. The normalized spacial score (nSPS) is 26.3. The van der Waals surface area contributed by atoms with Gasteiger partial charge in [-0.05, 0) is 12.8 Å². The maximum absolute atomic E-state index is 12.1. The molecule has 0 heterocycles. The highest BCUT2D eigenvalue weighted by Crippen LogP contribution is 2.34. The van der Waals surface area contributed by atoms with Crippen molar-refractivity contribution < 1.29 is 15.0 Å². The van der Waals surface area contributed by atoms with Crippen molar-refractivity contribution >= 4 is 5.78 Å². The number of aliphatic hydroxyl groups excluding tert-OH is 2. The van der Waals surface area contributed by atoms with Gasteiger partial charge in [0, 0.05) is 18.3 Å². The Labute approximate surface area is 142 Å². The number of ketones is 1. The summed E-state index contributed by atoms with van der Waals surface area (Å²) < 4.78 is 0. The van der Waals surface area contributed by atoms with E-state index in [2.05, 4.69) is 13.8 Å². The predicted octanol–water partition coefficient (Wildman–Crippen LogP) is 4.41. The van der Waals surface area contributed by atoms with Gasteiger partial charge in [0.25, 0.3) is 0 Å². The summed E-state index contributed by atoms with van der Waals surface area (Å²) >= 11 is 0. The molecule has 1 fully saturated rings. The molecular weight excluding hydrogens is 288 g/mol. The molecule has 3 nitrogen and oxygen atoms in total. The van der Waals surface area contributed by atoms with Gasteiger partial charge in [0.05, 0.1) is 12.2 Å². The Balaban J connectivity index is 2.43. The van der Waals surface area contributed by atoms with Crippen LogP contribution in [0, 0.1) is 11.8 Å². The second-order valence-electron chi connectivity index (χ2n) is 7.07. The molecule has 0 aromatic heterocycles. The summed E-state index contributed by atoms with van der Waals surface area (Å²) in [5.41, 5.74) is 0. The summed E-state index contributed by atoms with van der Waals surface area (Å²) in [6.45, 7) is 4.34. The van der Waals surface area contributed by atoms with Crippen LogP contribution in [-0.2, 0) is 4.79 Å². The molecule has 0 saturated heterocycles. The number of rotatable bonds is 12. The zero-order valence-corrected chi connectivity index (χ0v) is 15.0. The number of carbonyl (C=O) groups excluding carboxylic acids is 1. The van der Waals surface area contributed by atoms with Crippen LogP contribution in [0.5, 0.6) is 0 Å². The van der Waals surface area contributed by atoms with E-state index in [9.17, 15) is 15.0 Å². The molecule has 0 aliphatic heterocycles. The molecule has 2 N–H and O–H groups in total. The van der Waals surface area contributed by atoms with Crippen LogP contribution < -0.4 is 0 Å². The molecule has 3 heteroatoms. The van der Waals surface area contributed by atoms with Gasteiger partial charge in [-0.25, -0.2) is 0 Å². The SMILES string of the molecule is CCCCCCC[C@H]1C(=O)CC(O)C1/C=C/[C@@H](O)CCCCC. The van der Waals surface area contributed by atoms with Crippen LogP contribution in [0.1, 0.15) is 84.5 Å². The average molecular weight is 325 g/mol. The minimum Gasteiger partial charge on any atom is -0.392 e. The van der Waals surface area contributed by atoms with Gasteiger partial charge in [-0.2, -0.15) is 0 Å². The van der Waals surface area contributed by atoms with Gasteiger partial charge in [-0.3, -0.25) is 4.79 Å². The Kier molecular flexibility index (Phi) is 10.5. The molecule has 1 rings (SSSR count). The van der Waals surface area contributed by atoms with E-state index < -0.39 is 12.2 Å². The van der Waals surface area contributed by atoms with Gasteiger partial charge in [-0.15, -0.1) is 0 Å².